The first-order valence-electron chi connectivity index (χ1n) is 11.8. The third kappa shape index (κ3) is 5.98. The van der Waals surface area contributed by atoms with Crippen LogP contribution in [0.2, 0.25) is 12.1 Å². The van der Waals surface area contributed by atoms with Crippen molar-refractivity contribution in [2.45, 2.75) is 104 Å². The van der Waals surface area contributed by atoms with Gasteiger partial charge < -0.3 is 0 Å². The van der Waals surface area contributed by atoms with Gasteiger partial charge in [0.1, 0.15) is 7.28 Å². The van der Waals surface area contributed by atoms with Gasteiger partial charge in [0.25, 0.3) is 0 Å². The summed E-state index contributed by atoms with van der Waals surface area (Å²) in [6.07, 6.45) is 7.22. The SMILES string of the molecule is C[B]C(C)(C)CC(C)(C)c1ccc(N2C(=O)CC(C(C)CCCCCC)C2=O)cc1. The van der Waals surface area contributed by atoms with Gasteiger partial charge >= 0.3 is 0 Å². The maximum atomic E-state index is 13.1. The predicted molar refractivity (Wildman–Crippen MR) is 128 cm³/mol. The lowest BCUT2D eigenvalue weighted by Gasteiger charge is -2.35. The zero-order chi connectivity index (χ0) is 22.5. The highest BCUT2D eigenvalue weighted by Gasteiger charge is 2.42. The molecule has 3 nitrogen and oxygen atoms in total. The van der Waals surface area contributed by atoms with Crippen LogP contribution in [0.4, 0.5) is 5.69 Å². The lowest BCUT2D eigenvalue weighted by Crippen LogP contribution is -2.32. The fourth-order valence-corrected chi connectivity index (χ4v) is 4.87. The van der Waals surface area contributed by atoms with Crippen molar-refractivity contribution in [3.05, 3.63) is 29.8 Å². The Hall–Kier alpha value is -1.58. The summed E-state index contributed by atoms with van der Waals surface area (Å²) >= 11 is 0. The Morgan fingerprint density at radius 3 is 2.27 bits per heavy atom. The van der Waals surface area contributed by atoms with Gasteiger partial charge in [-0.3, -0.25) is 14.5 Å². The first-order valence-corrected chi connectivity index (χ1v) is 11.8. The Morgan fingerprint density at radius 2 is 1.70 bits per heavy atom. The van der Waals surface area contributed by atoms with E-state index in [0.29, 0.717) is 12.1 Å². The van der Waals surface area contributed by atoms with Gasteiger partial charge in [-0.05, 0) is 41.9 Å². The third-order valence-corrected chi connectivity index (χ3v) is 6.97. The van der Waals surface area contributed by atoms with E-state index in [-0.39, 0.29) is 34.4 Å². The van der Waals surface area contributed by atoms with Crippen molar-refractivity contribution >= 4 is 24.8 Å². The first-order chi connectivity index (χ1) is 14.0. The van der Waals surface area contributed by atoms with Crippen molar-refractivity contribution in [2.24, 2.45) is 11.8 Å². The fourth-order valence-electron chi connectivity index (χ4n) is 4.87. The average Bonchev–Trinajstić information content (AvgIpc) is 2.98. The molecule has 2 unspecified atom stereocenters. The standard InChI is InChI=1S/C26H41BNO2/c1-8-9-10-11-12-19(2)22-17-23(29)28(24(22)30)21-15-13-20(14-16-21)25(3,4)18-26(5,6)27-7/h13-16,19,22H,8-12,17-18H2,1-7H3. The Bertz CT molecular complexity index is 723. The number of hydrogen-bond donors (Lipinski definition) is 0. The van der Waals surface area contributed by atoms with Crippen molar-refractivity contribution < 1.29 is 9.59 Å². The fraction of sp³-hybridized carbons (Fsp3) is 0.692. The Morgan fingerprint density at radius 1 is 1.07 bits per heavy atom. The lowest BCUT2D eigenvalue weighted by molar-refractivity contribution is -0.122. The molecule has 1 heterocycles. The topological polar surface area (TPSA) is 37.4 Å². The number of carbonyl (C=O) groups is 2. The molecule has 1 aromatic rings. The van der Waals surface area contributed by atoms with Gasteiger partial charge in [-0.2, -0.15) is 0 Å². The van der Waals surface area contributed by atoms with Gasteiger partial charge in [0.15, 0.2) is 0 Å². The van der Waals surface area contributed by atoms with Crippen molar-refractivity contribution in [1.82, 2.24) is 0 Å². The summed E-state index contributed by atoms with van der Waals surface area (Å²) in [5.74, 6) is 0.0148. The Labute approximate surface area is 185 Å². The highest BCUT2D eigenvalue weighted by atomic mass is 16.2. The molecule has 1 aromatic carbocycles. The van der Waals surface area contributed by atoms with E-state index in [1.165, 1.54) is 29.7 Å². The molecular weight excluding hydrogens is 369 g/mol. The molecule has 30 heavy (non-hydrogen) atoms. The minimum atomic E-state index is -0.170. The van der Waals surface area contributed by atoms with Gasteiger partial charge in [-0.1, -0.05) is 91.5 Å². The van der Waals surface area contributed by atoms with E-state index < -0.39 is 0 Å². The molecule has 0 aliphatic carbocycles. The molecule has 1 saturated heterocycles. The van der Waals surface area contributed by atoms with Gasteiger partial charge in [-0.15, -0.1) is 0 Å². The zero-order valence-electron chi connectivity index (χ0n) is 20.3. The molecule has 2 rings (SSSR count). The molecule has 0 aromatic heterocycles. The van der Waals surface area contributed by atoms with E-state index >= 15 is 0 Å². The molecule has 0 saturated carbocycles. The van der Waals surface area contributed by atoms with Crippen LogP contribution in [-0.2, 0) is 15.0 Å². The van der Waals surface area contributed by atoms with E-state index in [2.05, 4.69) is 67.8 Å². The normalized spacial score (nSPS) is 18.8. The second-order valence-corrected chi connectivity index (χ2v) is 10.6. The van der Waals surface area contributed by atoms with E-state index in [1.807, 2.05) is 12.1 Å². The minimum absolute atomic E-state index is 0.0169. The minimum Gasteiger partial charge on any atom is -0.274 e. The summed E-state index contributed by atoms with van der Waals surface area (Å²) < 4.78 is 0. The summed E-state index contributed by atoms with van der Waals surface area (Å²) in [6.45, 7) is 15.5. The van der Waals surface area contributed by atoms with Crippen molar-refractivity contribution in [3.63, 3.8) is 0 Å². The molecule has 4 heteroatoms. The van der Waals surface area contributed by atoms with Gasteiger partial charge in [0.2, 0.25) is 11.8 Å². The van der Waals surface area contributed by atoms with Crippen molar-refractivity contribution in [3.8, 4) is 0 Å². The van der Waals surface area contributed by atoms with Crippen LogP contribution in [0, 0.1) is 11.8 Å². The number of unbranched alkanes of at least 4 members (excludes halogenated alkanes) is 3. The highest BCUT2D eigenvalue weighted by Crippen LogP contribution is 2.41. The van der Waals surface area contributed by atoms with Crippen LogP contribution < -0.4 is 4.90 Å². The monoisotopic (exact) mass is 410 g/mol. The predicted octanol–water partition coefficient (Wildman–Crippen LogP) is 6.79. The number of amides is 2. The summed E-state index contributed by atoms with van der Waals surface area (Å²) in [6, 6.07) is 8.07. The first kappa shape index (κ1) is 24.7. The van der Waals surface area contributed by atoms with Crippen LogP contribution in [0.3, 0.4) is 0 Å². The molecule has 1 radical (unpaired) electrons. The number of rotatable bonds is 11. The van der Waals surface area contributed by atoms with Gasteiger partial charge in [0, 0.05) is 6.42 Å². The molecule has 2 amide bonds. The molecule has 2 atom stereocenters. The van der Waals surface area contributed by atoms with Crippen molar-refractivity contribution in [1.29, 1.82) is 0 Å². The number of anilines is 1. The quantitative estimate of drug-likeness (QED) is 0.229. The van der Waals surface area contributed by atoms with Crippen LogP contribution in [-0.4, -0.2) is 19.1 Å². The molecule has 0 spiro atoms. The van der Waals surface area contributed by atoms with Gasteiger partial charge in [-0.25, -0.2) is 0 Å². The molecular formula is C26H41BNO2. The van der Waals surface area contributed by atoms with E-state index in [4.69, 9.17) is 0 Å². The van der Waals surface area contributed by atoms with Crippen LogP contribution in [0.1, 0.15) is 92.1 Å². The lowest BCUT2D eigenvalue weighted by atomic mass is 9.51. The van der Waals surface area contributed by atoms with Crippen LogP contribution in [0.5, 0.6) is 0 Å². The smallest absolute Gasteiger partial charge is 0.237 e. The maximum Gasteiger partial charge on any atom is 0.237 e. The number of nitrogens with zero attached hydrogens (tertiary/aromatic N) is 1. The number of benzene rings is 1. The third-order valence-electron chi connectivity index (χ3n) is 6.97. The summed E-state index contributed by atoms with van der Waals surface area (Å²) in [4.78, 5) is 27.2. The second-order valence-electron chi connectivity index (χ2n) is 10.6. The Balaban J connectivity index is 2.09. The second kappa shape index (κ2) is 10.2. The van der Waals surface area contributed by atoms with Gasteiger partial charge in [0.05, 0.1) is 11.6 Å². The summed E-state index contributed by atoms with van der Waals surface area (Å²) in [7, 11) is 2.26. The highest BCUT2D eigenvalue weighted by molar-refractivity contribution is 6.37. The zero-order valence-corrected chi connectivity index (χ0v) is 20.3. The van der Waals surface area contributed by atoms with E-state index in [1.54, 1.807) is 0 Å². The summed E-state index contributed by atoms with van der Waals surface area (Å²) in [5, 5.41) is 0.156. The molecule has 1 aliphatic heterocycles. The number of imide groups is 1. The maximum absolute atomic E-state index is 13.1. The largest absolute Gasteiger partial charge is 0.274 e. The van der Waals surface area contributed by atoms with Crippen LogP contribution in [0.25, 0.3) is 0 Å². The summed E-state index contributed by atoms with van der Waals surface area (Å²) in [5.41, 5.74) is 1.97. The molecule has 0 bridgehead atoms. The van der Waals surface area contributed by atoms with Crippen LogP contribution >= 0.6 is 0 Å². The molecule has 0 N–H and O–H groups in total. The number of hydrogen-bond acceptors (Lipinski definition) is 2. The van der Waals surface area contributed by atoms with Crippen LogP contribution in [0.15, 0.2) is 24.3 Å². The molecule has 165 valence electrons. The number of carbonyl (C=O) groups excluding carboxylic acids is 2. The molecule has 1 fully saturated rings. The average molecular weight is 410 g/mol. The van der Waals surface area contributed by atoms with E-state index in [9.17, 15) is 9.59 Å². The van der Waals surface area contributed by atoms with E-state index in [0.717, 1.165) is 19.3 Å². The Kier molecular flexibility index (Phi) is 8.36. The van der Waals surface area contributed by atoms with Crippen molar-refractivity contribution in [2.75, 3.05) is 4.90 Å². The molecule has 1 aliphatic rings.